The van der Waals surface area contributed by atoms with Crippen molar-refractivity contribution < 1.29 is 14.3 Å². The molecule has 1 amide bonds. The molecule has 18 heavy (non-hydrogen) atoms. The summed E-state index contributed by atoms with van der Waals surface area (Å²) < 4.78 is 10.4. The SMILES string of the molecule is COC(C(=O)NCCOCCN)c1ccccc1. The van der Waals surface area contributed by atoms with Crippen LogP contribution in [0, 0.1) is 0 Å². The standard InChI is InChI=1S/C13H20N2O3/c1-17-12(11-5-3-2-4-6-11)13(16)15-8-10-18-9-7-14/h2-6,12H,7-10,14H2,1H3,(H,15,16). The third-order valence-electron chi connectivity index (χ3n) is 2.38. The van der Waals surface area contributed by atoms with Gasteiger partial charge in [-0.3, -0.25) is 4.79 Å². The van der Waals surface area contributed by atoms with Gasteiger partial charge in [-0.15, -0.1) is 0 Å². The highest BCUT2D eigenvalue weighted by Gasteiger charge is 2.18. The zero-order valence-electron chi connectivity index (χ0n) is 10.6. The van der Waals surface area contributed by atoms with Crippen molar-refractivity contribution in [3.63, 3.8) is 0 Å². The normalized spacial score (nSPS) is 12.1. The highest BCUT2D eigenvalue weighted by Crippen LogP contribution is 2.15. The van der Waals surface area contributed by atoms with Gasteiger partial charge in [-0.1, -0.05) is 30.3 Å². The molecule has 1 aromatic carbocycles. The van der Waals surface area contributed by atoms with Crippen LogP contribution in [0.2, 0.25) is 0 Å². The molecule has 100 valence electrons. The van der Waals surface area contributed by atoms with Gasteiger partial charge in [0.05, 0.1) is 13.2 Å². The first-order chi connectivity index (χ1) is 8.79. The lowest BCUT2D eigenvalue weighted by atomic mass is 10.1. The number of rotatable bonds is 8. The summed E-state index contributed by atoms with van der Waals surface area (Å²) in [5.74, 6) is -0.167. The van der Waals surface area contributed by atoms with Gasteiger partial charge in [-0.25, -0.2) is 0 Å². The summed E-state index contributed by atoms with van der Waals surface area (Å²) in [6, 6.07) is 9.37. The van der Waals surface area contributed by atoms with Crippen LogP contribution in [0.15, 0.2) is 30.3 Å². The van der Waals surface area contributed by atoms with Crippen LogP contribution in [0.25, 0.3) is 0 Å². The van der Waals surface area contributed by atoms with Crippen LogP contribution in [0.5, 0.6) is 0 Å². The molecule has 0 aromatic heterocycles. The number of ether oxygens (including phenoxy) is 2. The van der Waals surface area contributed by atoms with Crippen molar-refractivity contribution in [2.24, 2.45) is 5.73 Å². The summed E-state index contributed by atoms with van der Waals surface area (Å²) in [7, 11) is 1.52. The van der Waals surface area contributed by atoms with E-state index in [0.717, 1.165) is 5.56 Å². The predicted molar refractivity (Wildman–Crippen MR) is 69.1 cm³/mol. The van der Waals surface area contributed by atoms with Gasteiger partial charge in [0, 0.05) is 20.2 Å². The first-order valence-electron chi connectivity index (χ1n) is 5.93. The number of methoxy groups -OCH3 is 1. The molecule has 1 atom stereocenters. The number of amides is 1. The van der Waals surface area contributed by atoms with Crippen molar-refractivity contribution >= 4 is 5.91 Å². The van der Waals surface area contributed by atoms with E-state index in [1.165, 1.54) is 7.11 Å². The van der Waals surface area contributed by atoms with Crippen LogP contribution in [0.3, 0.4) is 0 Å². The smallest absolute Gasteiger partial charge is 0.253 e. The Kier molecular flexibility index (Phi) is 7.01. The number of nitrogens with one attached hydrogen (secondary N) is 1. The third-order valence-corrected chi connectivity index (χ3v) is 2.38. The van der Waals surface area contributed by atoms with Gasteiger partial charge < -0.3 is 20.5 Å². The maximum absolute atomic E-state index is 11.9. The third kappa shape index (κ3) is 4.83. The van der Waals surface area contributed by atoms with Crippen LogP contribution in [-0.4, -0.2) is 39.3 Å². The average Bonchev–Trinajstić information content (AvgIpc) is 2.40. The minimum Gasteiger partial charge on any atom is -0.378 e. The molecule has 0 aliphatic heterocycles. The maximum Gasteiger partial charge on any atom is 0.253 e. The van der Waals surface area contributed by atoms with Crippen LogP contribution in [-0.2, 0) is 14.3 Å². The number of hydrogen-bond acceptors (Lipinski definition) is 4. The minimum absolute atomic E-state index is 0.167. The van der Waals surface area contributed by atoms with E-state index in [9.17, 15) is 4.79 Å². The van der Waals surface area contributed by atoms with Crippen LogP contribution in [0.4, 0.5) is 0 Å². The van der Waals surface area contributed by atoms with E-state index in [-0.39, 0.29) is 5.91 Å². The van der Waals surface area contributed by atoms with E-state index in [1.54, 1.807) is 0 Å². The molecule has 0 bridgehead atoms. The molecule has 1 unspecified atom stereocenters. The summed E-state index contributed by atoms with van der Waals surface area (Å²) in [6.45, 7) is 1.89. The Hall–Kier alpha value is -1.43. The van der Waals surface area contributed by atoms with Crippen molar-refractivity contribution in [3.05, 3.63) is 35.9 Å². The summed E-state index contributed by atoms with van der Waals surface area (Å²) in [4.78, 5) is 11.9. The second-order valence-electron chi connectivity index (χ2n) is 3.72. The van der Waals surface area contributed by atoms with Crippen LogP contribution < -0.4 is 11.1 Å². The van der Waals surface area contributed by atoms with E-state index in [4.69, 9.17) is 15.2 Å². The number of nitrogens with two attached hydrogens (primary N) is 1. The molecule has 1 aromatic rings. The molecule has 0 aliphatic rings. The zero-order valence-corrected chi connectivity index (χ0v) is 10.6. The average molecular weight is 252 g/mol. The molecule has 1 rings (SSSR count). The highest BCUT2D eigenvalue weighted by molar-refractivity contribution is 5.82. The van der Waals surface area contributed by atoms with Crippen molar-refractivity contribution in [1.82, 2.24) is 5.32 Å². The van der Waals surface area contributed by atoms with Gasteiger partial charge in [0.15, 0.2) is 6.10 Å². The quantitative estimate of drug-likeness (QED) is 0.659. The Labute approximate surface area is 107 Å². The topological polar surface area (TPSA) is 73.6 Å². The summed E-state index contributed by atoms with van der Waals surface area (Å²) in [5, 5.41) is 2.76. The molecule has 0 radical (unpaired) electrons. The molecule has 0 spiro atoms. The van der Waals surface area contributed by atoms with Crippen molar-refractivity contribution in [3.8, 4) is 0 Å². The zero-order chi connectivity index (χ0) is 13.2. The number of carbonyl (C=O) groups is 1. The molecule has 5 nitrogen and oxygen atoms in total. The molecule has 0 heterocycles. The van der Waals surface area contributed by atoms with Gasteiger partial charge >= 0.3 is 0 Å². The Bertz CT molecular complexity index is 343. The first kappa shape index (κ1) is 14.6. The molecule has 0 fully saturated rings. The highest BCUT2D eigenvalue weighted by atomic mass is 16.5. The van der Waals surface area contributed by atoms with E-state index < -0.39 is 6.10 Å². The lowest BCUT2D eigenvalue weighted by Gasteiger charge is -2.15. The lowest BCUT2D eigenvalue weighted by Crippen LogP contribution is -2.33. The van der Waals surface area contributed by atoms with E-state index in [2.05, 4.69) is 5.32 Å². The number of hydrogen-bond donors (Lipinski definition) is 2. The largest absolute Gasteiger partial charge is 0.378 e. The minimum atomic E-state index is -0.583. The van der Waals surface area contributed by atoms with Gasteiger partial charge in [0.2, 0.25) is 0 Å². The molecule has 0 saturated heterocycles. The molecule has 3 N–H and O–H groups in total. The van der Waals surface area contributed by atoms with Gasteiger partial charge in [-0.2, -0.15) is 0 Å². The predicted octanol–water partition coefficient (Wildman–Crippen LogP) is 0.466. The summed E-state index contributed by atoms with van der Waals surface area (Å²) in [5.41, 5.74) is 6.12. The van der Waals surface area contributed by atoms with E-state index in [1.807, 2.05) is 30.3 Å². The summed E-state index contributed by atoms with van der Waals surface area (Å²) >= 11 is 0. The molecule has 0 aliphatic carbocycles. The Balaban J connectivity index is 2.39. The second-order valence-corrected chi connectivity index (χ2v) is 3.72. The van der Waals surface area contributed by atoms with Gasteiger partial charge in [0.25, 0.3) is 5.91 Å². The Morgan fingerprint density at radius 1 is 1.33 bits per heavy atom. The van der Waals surface area contributed by atoms with E-state index >= 15 is 0 Å². The van der Waals surface area contributed by atoms with E-state index in [0.29, 0.717) is 26.3 Å². The number of carbonyl (C=O) groups excluding carboxylic acids is 1. The first-order valence-corrected chi connectivity index (χ1v) is 5.93. The molecule has 0 saturated carbocycles. The van der Waals surface area contributed by atoms with Crippen molar-refractivity contribution in [2.75, 3.05) is 33.4 Å². The lowest BCUT2D eigenvalue weighted by molar-refractivity contribution is -0.131. The monoisotopic (exact) mass is 252 g/mol. The molecule has 5 heteroatoms. The second kappa shape index (κ2) is 8.63. The molecular weight excluding hydrogens is 232 g/mol. The van der Waals surface area contributed by atoms with Crippen molar-refractivity contribution in [1.29, 1.82) is 0 Å². The van der Waals surface area contributed by atoms with Gasteiger partial charge in [0.1, 0.15) is 0 Å². The Morgan fingerprint density at radius 2 is 2.06 bits per heavy atom. The maximum atomic E-state index is 11.9. The van der Waals surface area contributed by atoms with Crippen LogP contribution in [0.1, 0.15) is 11.7 Å². The fourth-order valence-corrected chi connectivity index (χ4v) is 1.55. The Morgan fingerprint density at radius 3 is 2.67 bits per heavy atom. The summed E-state index contributed by atoms with van der Waals surface area (Å²) in [6.07, 6.45) is -0.583. The fraction of sp³-hybridized carbons (Fsp3) is 0.462. The molecular formula is C13H20N2O3. The van der Waals surface area contributed by atoms with Crippen LogP contribution >= 0.6 is 0 Å². The van der Waals surface area contributed by atoms with Gasteiger partial charge in [-0.05, 0) is 5.56 Å². The number of benzene rings is 1. The van der Waals surface area contributed by atoms with Crippen molar-refractivity contribution in [2.45, 2.75) is 6.10 Å². The fourth-order valence-electron chi connectivity index (χ4n) is 1.55.